The number of methoxy groups -OCH3 is 1. The molecule has 1 saturated heterocycles. The number of anilines is 1. The van der Waals surface area contributed by atoms with Crippen LogP contribution in [0.1, 0.15) is 12.8 Å². The van der Waals surface area contributed by atoms with E-state index in [1.54, 1.807) is 24.1 Å². The van der Waals surface area contributed by atoms with Crippen LogP contribution in [0.5, 0.6) is 5.75 Å². The van der Waals surface area contributed by atoms with Gasteiger partial charge in [0.25, 0.3) is 0 Å². The third kappa shape index (κ3) is 2.54. The number of aromatic nitrogens is 2. The number of carbonyl (C=O) groups is 1. The van der Waals surface area contributed by atoms with Crippen LogP contribution in [0.3, 0.4) is 0 Å². The first-order valence-electron chi connectivity index (χ1n) is 6.66. The van der Waals surface area contributed by atoms with E-state index in [0.717, 1.165) is 17.7 Å². The lowest BCUT2D eigenvalue weighted by molar-refractivity contribution is -0.138. The summed E-state index contributed by atoms with van der Waals surface area (Å²) in [5, 5.41) is 13.1. The van der Waals surface area contributed by atoms with Crippen molar-refractivity contribution in [3.05, 3.63) is 24.3 Å². The van der Waals surface area contributed by atoms with Gasteiger partial charge in [-0.05, 0) is 37.1 Å². The summed E-state index contributed by atoms with van der Waals surface area (Å²) in [5.41, 5.74) is 0.789. The van der Waals surface area contributed by atoms with Gasteiger partial charge in [0.05, 0.1) is 7.11 Å². The van der Waals surface area contributed by atoms with Crippen molar-refractivity contribution in [2.45, 2.75) is 18.9 Å². The lowest BCUT2D eigenvalue weighted by Crippen LogP contribution is -2.36. The Bertz CT molecular complexity index is 638. The van der Waals surface area contributed by atoms with Crippen LogP contribution in [0.2, 0.25) is 0 Å². The van der Waals surface area contributed by atoms with E-state index in [1.807, 2.05) is 12.1 Å². The Labute approximate surface area is 121 Å². The highest BCUT2D eigenvalue weighted by molar-refractivity contribution is 5.78. The number of nitrogens with zero attached hydrogens (tertiary/aromatic N) is 3. The quantitative estimate of drug-likeness (QED) is 0.917. The Kier molecular flexibility index (Phi) is 3.47. The van der Waals surface area contributed by atoms with Gasteiger partial charge < -0.3 is 19.3 Å². The summed E-state index contributed by atoms with van der Waals surface area (Å²) in [6, 6.07) is 6.93. The van der Waals surface area contributed by atoms with Crippen LogP contribution >= 0.6 is 0 Å². The summed E-state index contributed by atoms with van der Waals surface area (Å²) >= 11 is 0. The number of rotatable bonds is 4. The van der Waals surface area contributed by atoms with Crippen molar-refractivity contribution >= 4 is 12.0 Å². The minimum atomic E-state index is -0.864. The highest BCUT2D eigenvalue weighted by Gasteiger charge is 2.34. The van der Waals surface area contributed by atoms with Gasteiger partial charge in [-0.2, -0.15) is 4.98 Å². The van der Waals surface area contributed by atoms with Gasteiger partial charge in [-0.3, -0.25) is 0 Å². The molecule has 2 aromatic rings. The second kappa shape index (κ2) is 5.43. The summed E-state index contributed by atoms with van der Waals surface area (Å²) in [7, 11) is 1.60. The Morgan fingerprint density at radius 3 is 2.86 bits per heavy atom. The molecule has 2 heterocycles. The van der Waals surface area contributed by atoms with Crippen molar-refractivity contribution in [1.29, 1.82) is 0 Å². The number of carboxylic acids is 1. The van der Waals surface area contributed by atoms with Crippen molar-refractivity contribution < 1.29 is 19.2 Å². The van der Waals surface area contributed by atoms with Crippen molar-refractivity contribution in [2.24, 2.45) is 0 Å². The zero-order chi connectivity index (χ0) is 14.8. The topological polar surface area (TPSA) is 88.7 Å². The standard InChI is InChI=1S/C14H15N3O4/c1-20-10-6-4-9(5-7-10)12-15-14(21-16-12)17-8-2-3-11(17)13(18)19/h4-7,11H,2-3,8H2,1H3,(H,18,19). The first-order chi connectivity index (χ1) is 10.2. The van der Waals surface area contributed by atoms with Crippen molar-refractivity contribution in [3.63, 3.8) is 0 Å². The molecule has 0 bridgehead atoms. The van der Waals surface area contributed by atoms with E-state index in [-0.39, 0.29) is 6.01 Å². The van der Waals surface area contributed by atoms with Gasteiger partial charge >= 0.3 is 12.0 Å². The summed E-state index contributed by atoms with van der Waals surface area (Å²) in [5.74, 6) is 0.313. The highest BCUT2D eigenvalue weighted by Crippen LogP contribution is 2.27. The number of carboxylic acid groups (broad SMARTS) is 1. The molecule has 0 amide bonds. The maximum atomic E-state index is 11.2. The third-order valence-electron chi connectivity index (χ3n) is 3.55. The molecule has 1 unspecified atom stereocenters. The molecule has 7 heteroatoms. The minimum Gasteiger partial charge on any atom is -0.497 e. The Balaban J connectivity index is 1.84. The molecule has 0 saturated carbocycles. The SMILES string of the molecule is COc1ccc(-c2noc(N3CCCC3C(=O)O)n2)cc1. The zero-order valence-electron chi connectivity index (χ0n) is 11.5. The molecule has 1 fully saturated rings. The maximum absolute atomic E-state index is 11.2. The summed E-state index contributed by atoms with van der Waals surface area (Å²) in [6.07, 6.45) is 1.40. The second-order valence-corrected chi connectivity index (χ2v) is 4.82. The fourth-order valence-electron chi connectivity index (χ4n) is 2.44. The largest absolute Gasteiger partial charge is 0.497 e. The van der Waals surface area contributed by atoms with E-state index < -0.39 is 12.0 Å². The van der Waals surface area contributed by atoms with E-state index in [2.05, 4.69) is 10.1 Å². The van der Waals surface area contributed by atoms with Gasteiger partial charge in [-0.25, -0.2) is 4.79 Å². The molecule has 0 radical (unpaired) electrons. The molecule has 1 aromatic heterocycles. The van der Waals surface area contributed by atoms with Crippen LogP contribution in [-0.4, -0.2) is 40.9 Å². The predicted octanol–water partition coefficient (Wildman–Crippen LogP) is 1.80. The molecule has 3 rings (SSSR count). The van der Waals surface area contributed by atoms with E-state index in [1.165, 1.54) is 0 Å². The van der Waals surface area contributed by atoms with Crippen LogP contribution in [0.25, 0.3) is 11.4 Å². The first-order valence-corrected chi connectivity index (χ1v) is 6.66. The fraction of sp³-hybridized carbons (Fsp3) is 0.357. The molecule has 1 N–H and O–H groups in total. The molecule has 1 aliphatic heterocycles. The molecular weight excluding hydrogens is 274 g/mol. The van der Waals surface area contributed by atoms with Crippen molar-refractivity contribution in [1.82, 2.24) is 10.1 Å². The molecule has 1 aliphatic rings. The molecule has 0 spiro atoms. The lowest BCUT2D eigenvalue weighted by Gasteiger charge is -2.17. The van der Waals surface area contributed by atoms with Crippen LogP contribution < -0.4 is 9.64 Å². The van der Waals surface area contributed by atoms with Gasteiger partial charge in [0, 0.05) is 12.1 Å². The van der Waals surface area contributed by atoms with Crippen LogP contribution in [-0.2, 0) is 4.79 Å². The van der Waals surface area contributed by atoms with Crippen molar-refractivity contribution in [3.8, 4) is 17.1 Å². The number of aliphatic carboxylic acids is 1. The number of hydrogen-bond donors (Lipinski definition) is 1. The average Bonchev–Trinajstić information content (AvgIpc) is 3.16. The normalized spacial score (nSPS) is 18.0. The zero-order valence-corrected chi connectivity index (χ0v) is 11.5. The molecule has 110 valence electrons. The minimum absolute atomic E-state index is 0.255. The number of hydrogen-bond acceptors (Lipinski definition) is 6. The predicted molar refractivity (Wildman–Crippen MR) is 74.3 cm³/mol. The summed E-state index contributed by atoms with van der Waals surface area (Å²) < 4.78 is 10.3. The lowest BCUT2D eigenvalue weighted by atomic mass is 10.2. The summed E-state index contributed by atoms with van der Waals surface area (Å²) in [4.78, 5) is 17.1. The van der Waals surface area contributed by atoms with Gasteiger partial charge in [0.2, 0.25) is 5.82 Å². The smallest absolute Gasteiger partial charge is 0.326 e. The maximum Gasteiger partial charge on any atom is 0.326 e. The van der Waals surface area contributed by atoms with E-state index >= 15 is 0 Å². The fourth-order valence-corrected chi connectivity index (χ4v) is 2.44. The average molecular weight is 289 g/mol. The third-order valence-corrected chi connectivity index (χ3v) is 3.55. The Morgan fingerprint density at radius 1 is 1.43 bits per heavy atom. The van der Waals surface area contributed by atoms with Crippen LogP contribution in [0.4, 0.5) is 6.01 Å². The molecule has 21 heavy (non-hydrogen) atoms. The van der Waals surface area contributed by atoms with Crippen molar-refractivity contribution in [2.75, 3.05) is 18.6 Å². The van der Waals surface area contributed by atoms with Gasteiger partial charge in [0.15, 0.2) is 0 Å². The Morgan fingerprint density at radius 2 is 2.19 bits per heavy atom. The van der Waals surface area contributed by atoms with Crippen LogP contribution in [0.15, 0.2) is 28.8 Å². The highest BCUT2D eigenvalue weighted by atomic mass is 16.5. The van der Waals surface area contributed by atoms with Gasteiger partial charge in [-0.15, -0.1) is 0 Å². The van der Waals surface area contributed by atoms with E-state index in [9.17, 15) is 9.90 Å². The molecule has 7 nitrogen and oxygen atoms in total. The first kappa shape index (κ1) is 13.4. The van der Waals surface area contributed by atoms with Crippen LogP contribution in [0, 0.1) is 0 Å². The van der Waals surface area contributed by atoms with E-state index in [0.29, 0.717) is 18.8 Å². The van der Waals surface area contributed by atoms with E-state index in [4.69, 9.17) is 9.26 Å². The molecule has 1 atom stereocenters. The van der Waals surface area contributed by atoms with Gasteiger partial charge in [0.1, 0.15) is 11.8 Å². The number of benzene rings is 1. The number of ether oxygens (including phenoxy) is 1. The molecular formula is C14H15N3O4. The monoisotopic (exact) mass is 289 g/mol. The summed E-state index contributed by atoms with van der Waals surface area (Å²) in [6.45, 7) is 0.612. The molecule has 0 aliphatic carbocycles. The Hall–Kier alpha value is -2.57. The second-order valence-electron chi connectivity index (χ2n) is 4.82. The molecule has 1 aromatic carbocycles. The van der Waals surface area contributed by atoms with Gasteiger partial charge in [-0.1, -0.05) is 5.16 Å².